The number of halogens is 2. The number of amides is 1. The van der Waals surface area contributed by atoms with Crippen molar-refractivity contribution in [3.05, 3.63) is 57.0 Å². The number of carbonyl (C=O) groups is 1. The van der Waals surface area contributed by atoms with Gasteiger partial charge in [-0.25, -0.2) is 0 Å². The number of benzene rings is 1. The van der Waals surface area contributed by atoms with Crippen molar-refractivity contribution in [2.75, 3.05) is 0 Å². The Labute approximate surface area is 142 Å². The number of nitrogens with one attached hydrogen (secondary N) is 1. The highest BCUT2D eigenvalue weighted by atomic mass is 35.5. The van der Waals surface area contributed by atoms with Crippen LogP contribution in [-0.2, 0) is 13.1 Å². The Morgan fingerprint density at radius 3 is 2.77 bits per heavy atom. The fraction of sp³-hybridized carbons (Fsp3) is 0.188. The van der Waals surface area contributed by atoms with Gasteiger partial charge in [0.05, 0.1) is 14.6 Å². The van der Waals surface area contributed by atoms with E-state index in [-0.39, 0.29) is 5.91 Å². The van der Waals surface area contributed by atoms with Crippen LogP contribution < -0.4 is 5.32 Å². The van der Waals surface area contributed by atoms with Crippen molar-refractivity contribution >= 4 is 50.7 Å². The molecule has 0 radical (unpaired) electrons. The fourth-order valence-electron chi connectivity index (χ4n) is 2.45. The van der Waals surface area contributed by atoms with Crippen molar-refractivity contribution in [3.8, 4) is 0 Å². The standard InChI is InChI=1S/C16H14Cl2N2OS/c1-2-20-12-8-15(18)22-14(12)7-13(20)16(21)19-9-10-5-3-4-6-11(10)17/h3-8H,2,9H2,1H3,(H,19,21). The maximum Gasteiger partial charge on any atom is 0.268 e. The third-order valence-electron chi connectivity index (χ3n) is 3.51. The zero-order valence-corrected chi connectivity index (χ0v) is 14.2. The van der Waals surface area contributed by atoms with Crippen molar-refractivity contribution in [2.24, 2.45) is 0 Å². The summed E-state index contributed by atoms with van der Waals surface area (Å²) < 4.78 is 3.73. The predicted octanol–water partition coefficient (Wildman–Crippen LogP) is 4.96. The molecule has 0 atom stereocenters. The van der Waals surface area contributed by atoms with Crippen molar-refractivity contribution in [3.63, 3.8) is 0 Å². The maximum absolute atomic E-state index is 12.5. The molecule has 0 aliphatic rings. The summed E-state index contributed by atoms with van der Waals surface area (Å²) in [5, 5.41) is 3.58. The summed E-state index contributed by atoms with van der Waals surface area (Å²) in [4.78, 5) is 12.5. The lowest BCUT2D eigenvalue weighted by atomic mass is 10.2. The molecule has 2 aromatic heterocycles. The van der Waals surface area contributed by atoms with E-state index in [2.05, 4.69) is 5.32 Å². The Hall–Kier alpha value is -1.49. The average molecular weight is 353 g/mol. The Morgan fingerprint density at radius 2 is 2.05 bits per heavy atom. The van der Waals surface area contributed by atoms with Gasteiger partial charge in [0, 0.05) is 18.1 Å². The summed E-state index contributed by atoms with van der Waals surface area (Å²) >= 11 is 13.6. The lowest BCUT2D eigenvalue weighted by Gasteiger charge is -2.09. The molecule has 0 unspecified atom stereocenters. The molecular weight excluding hydrogens is 339 g/mol. The molecule has 1 amide bonds. The molecule has 3 nitrogen and oxygen atoms in total. The van der Waals surface area contributed by atoms with Crippen LogP contribution in [0.3, 0.4) is 0 Å². The first-order chi connectivity index (χ1) is 10.6. The number of aryl methyl sites for hydroxylation is 1. The van der Waals surface area contributed by atoms with E-state index in [9.17, 15) is 4.79 Å². The molecule has 0 fully saturated rings. The number of carbonyl (C=O) groups excluding carboxylic acids is 1. The first-order valence-electron chi connectivity index (χ1n) is 6.90. The highest BCUT2D eigenvalue weighted by Gasteiger charge is 2.16. The van der Waals surface area contributed by atoms with Gasteiger partial charge in [-0.15, -0.1) is 11.3 Å². The summed E-state index contributed by atoms with van der Waals surface area (Å²) in [6, 6.07) is 11.3. The van der Waals surface area contributed by atoms with E-state index in [1.54, 1.807) is 0 Å². The smallest absolute Gasteiger partial charge is 0.268 e. The van der Waals surface area contributed by atoms with Gasteiger partial charge in [-0.2, -0.15) is 0 Å². The second-order valence-corrected chi connectivity index (χ2v) is 6.97. The van der Waals surface area contributed by atoms with Gasteiger partial charge < -0.3 is 9.88 Å². The molecule has 1 aromatic carbocycles. The van der Waals surface area contributed by atoms with Crippen LogP contribution in [0, 0.1) is 0 Å². The number of hydrogen-bond donors (Lipinski definition) is 1. The van der Waals surface area contributed by atoms with Crippen LogP contribution >= 0.6 is 34.5 Å². The molecule has 1 N–H and O–H groups in total. The Morgan fingerprint density at radius 1 is 1.27 bits per heavy atom. The first-order valence-corrected chi connectivity index (χ1v) is 8.47. The second-order valence-electron chi connectivity index (χ2n) is 4.85. The summed E-state index contributed by atoms with van der Waals surface area (Å²) in [7, 11) is 0. The van der Waals surface area contributed by atoms with Gasteiger partial charge in [0.15, 0.2) is 0 Å². The van der Waals surface area contributed by atoms with Crippen LogP contribution in [0.2, 0.25) is 9.36 Å². The van der Waals surface area contributed by atoms with E-state index >= 15 is 0 Å². The average Bonchev–Trinajstić information content (AvgIpc) is 3.01. The highest BCUT2D eigenvalue weighted by Crippen LogP contribution is 2.32. The minimum atomic E-state index is -0.110. The third-order valence-corrected chi connectivity index (χ3v) is 5.07. The van der Waals surface area contributed by atoms with Crippen LogP contribution in [-0.4, -0.2) is 10.5 Å². The predicted molar refractivity (Wildman–Crippen MR) is 93.1 cm³/mol. The normalized spacial score (nSPS) is 11.0. The van der Waals surface area contributed by atoms with Crippen LogP contribution in [0.5, 0.6) is 0 Å². The number of hydrogen-bond acceptors (Lipinski definition) is 2. The molecule has 0 aliphatic heterocycles. The van der Waals surface area contributed by atoms with Gasteiger partial charge in [0.1, 0.15) is 5.69 Å². The van der Waals surface area contributed by atoms with Gasteiger partial charge >= 0.3 is 0 Å². The lowest BCUT2D eigenvalue weighted by Crippen LogP contribution is -2.25. The van der Waals surface area contributed by atoms with E-state index in [1.165, 1.54) is 11.3 Å². The van der Waals surface area contributed by atoms with Gasteiger partial charge in [-0.1, -0.05) is 41.4 Å². The lowest BCUT2D eigenvalue weighted by molar-refractivity contribution is 0.0942. The van der Waals surface area contributed by atoms with Crippen LogP contribution in [0.15, 0.2) is 36.4 Å². The SMILES string of the molecule is CCn1c(C(=O)NCc2ccccc2Cl)cc2sc(Cl)cc21. The molecule has 6 heteroatoms. The molecule has 114 valence electrons. The maximum atomic E-state index is 12.5. The van der Waals surface area contributed by atoms with E-state index in [0.29, 0.717) is 23.8 Å². The number of aromatic nitrogens is 1. The fourth-order valence-corrected chi connectivity index (χ4v) is 3.83. The van der Waals surface area contributed by atoms with Crippen LogP contribution in [0.25, 0.3) is 10.2 Å². The highest BCUT2D eigenvalue weighted by molar-refractivity contribution is 7.22. The van der Waals surface area contributed by atoms with Crippen molar-refractivity contribution in [2.45, 2.75) is 20.0 Å². The minimum absolute atomic E-state index is 0.110. The Balaban J connectivity index is 1.83. The van der Waals surface area contributed by atoms with Crippen molar-refractivity contribution in [1.82, 2.24) is 9.88 Å². The van der Waals surface area contributed by atoms with E-state index in [1.807, 2.05) is 47.9 Å². The van der Waals surface area contributed by atoms with Gasteiger partial charge in [0.2, 0.25) is 0 Å². The molecule has 0 bridgehead atoms. The molecule has 0 aliphatic carbocycles. The van der Waals surface area contributed by atoms with Gasteiger partial charge in [-0.05, 0) is 30.7 Å². The summed E-state index contributed by atoms with van der Waals surface area (Å²) in [5.74, 6) is -0.110. The monoisotopic (exact) mass is 352 g/mol. The second kappa shape index (κ2) is 6.32. The Bertz CT molecular complexity index is 838. The molecule has 3 aromatic rings. The number of nitrogens with zero attached hydrogens (tertiary/aromatic N) is 1. The zero-order valence-electron chi connectivity index (χ0n) is 11.9. The molecule has 2 heterocycles. The zero-order chi connectivity index (χ0) is 15.7. The molecule has 0 saturated carbocycles. The van der Waals surface area contributed by atoms with Gasteiger partial charge in [0.25, 0.3) is 5.91 Å². The van der Waals surface area contributed by atoms with E-state index in [0.717, 1.165) is 20.1 Å². The molecule has 22 heavy (non-hydrogen) atoms. The number of fused-ring (bicyclic) bond motifs is 1. The summed E-state index contributed by atoms with van der Waals surface area (Å²) in [6.07, 6.45) is 0. The van der Waals surface area contributed by atoms with Crippen molar-refractivity contribution < 1.29 is 4.79 Å². The molecular formula is C16H14Cl2N2OS. The molecule has 0 spiro atoms. The number of rotatable bonds is 4. The van der Waals surface area contributed by atoms with Gasteiger partial charge in [-0.3, -0.25) is 4.79 Å². The molecule has 0 saturated heterocycles. The van der Waals surface area contributed by atoms with Crippen molar-refractivity contribution in [1.29, 1.82) is 0 Å². The van der Waals surface area contributed by atoms with E-state index < -0.39 is 0 Å². The largest absolute Gasteiger partial charge is 0.347 e. The molecule has 3 rings (SSSR count). The summed E-state index contributed by atoms with van der Waals surface area (Å²) in [6.45, 7) is 3.13. The third kappa shape index (κ3) is 2.86. The minimum Gasteiger partial charge on any atom is -0.347 e. The van der Waals surface area contributed by atoms with E-state index in [4.69, 9.17) is 23.2 Å². The topological polar surface area (TPSA) is 34.0 Å². The van der Waals surface area contributed by atoms with Crippen LogP contribution in [0.1, 0.15) is 23.0 Å². The van der Waals surface area contributed by atoms with Crippen LogP contribution in [0.4, 0.5) is 0 Å². The summed E-state index contributed by atoms with van der Waals surface area (Å²) in [5.41, 5.74) is 2.55. The number of thiophene rings is 1. The Kier molecular flexibility index (Phi) is 4.43. The first kappa shape index (κ1) is 15.4. The quantitative estimate of drug-likeness (QED) is 0.707.